The van der Waals surface area contributed by atoms with Crippen molar-refractivity contribution in [1.82, 2.24) is 15.5 Å². The molecule has 3 amide bonds. The average Bonchev–Trinajstić information content (AvgIpc) is 2.87. The van der Waals surface area contributed by atoms with Crippen molar-refractivity contribution in [2.45, 2.75) is 129 Å². The van der Waals surface area contributed by atoms with Gasteiger partial charge in [-0.05, 0) is 52.5 Å². The number of amides is 3. The Labute approximate surface area is 241 Å². The SMILES string of the molecule is CCCCCCCCN(C(=O)C(CS)NC(=O)OC(C)(C)C)C(C(=O)NC1CCCCC1)c1cccc(C)c1. The Bertz CT molecular complexity index is 911. The number of nitrogens with zero attached hydrogens (tertiary/aromatic N) is 1. The molecule has 39 heavy (non-hydrogen) atoms. The maximum Gasteiger partial charge on any atom is 0.408 e. The summed E-state index contributed by atoms with van der Waals surface area (Å²) in [6.45, 7) is 9.92. The van der Waals surface area contributed by atoms with Crippen LogP contribution in [0.3, 0.4) is 0 Å². The summed E-state index contributed by atoms with van der Waals surface area (Å²) in [6.07, 6.45) is 11.0. The highest BCUT2D eigenvalue weighted by Gasteiger charge is 2.36. The number of benzene rings is 1. The van der Waals surface area contributed by atoms with Crippen molar-refractivity contribution in [3.05, 3.63) is 35.4 Å². The Kier molecular flexibility index (Phi) is 14.2. The zero-order valence-electron chi connectivity index (χ0n) is 24.8. The van der Waals surface area contributed by atoms with Crippen LogP contribution in [0.15, 0.2) is 24.3 Å². The summed E-state index contributed by atoms with van der Waals surface area (Å²) in [5.41, 5.74) is 1.10. The van der Waals surface area contributed by atoms with Crippen LogP contribution in [0.25, 0.3) is 0 Å². The molecule has 0 aliphatic heterocycles. The predicted molar refractivity (Wildman–Crippen MR) is 161 cm³/mol. The van der Waals surface area contributed by atoms with Gasteiger partial charge < -0.3 is 20.3 Å². The van der Waals surface area contributed by atoms with Crippen LogP contribution >= 0.6 is 12.6 Å². The van der Waals surface area contributed by atoms with E-state index in [1.807, 2.05) is 31.2 Å². The van der Waals surface area contributed by atoms with Crippen molar-refractivity contribution in [2.75, 3.05) is 12.3 Å². The third kappa shape index (κ3) is 11.8. The predicted octanol–water partition coefficient (Wildman–Crippen LogP) is 6.50. The fourth-order valence-corrected chi connectivity index (χ4v) is 5.35. The molecule has 1 fully saturated rings. The van der Waals surface area contributed by atoms with Crippen LogP contribution in [0.4, 0.5) is 4.79 Å². The molecule has 0 aromatic heterocycles. The lowest BCUT2D eigenvalue weighted by Gasteiger charge is -2.35. The lowest BCUT2D eigenvalue weighted by Crippen LogP contribution is -2.54. The summed E-state index contributed by atoms with van der Waals surface area (Å²) in [5.74, 6) is -0.396. The molecule has 0 bridgehead atoms. The topological polar surface area (TPSA) is 87.7 Å². The first-order valence-electron chi connectivity index (χ1n) is 14.8. The molecule has 2 rings (SSSR count). The third-order valence-corrected chi connectivity index (χ3v) is 7.44. The number of unbranched alkanes of at least 4 members (excludes halogenated alkanes) is 5. The van der Waals surface area contributed by atoms with E-state index in [2.05, 4.69) is 30.2 Å². The van der Waals surface area contributed by atoms with E-state index in [4.69, 9.17) is 4.74 Å². The van der Waals surface area contributed by atoms with Crippen molar-refractivity contribution < 1.29 is 19.1 Å². The van der Waals surface area contributed by atoms with Crippen molar-refractivity contribution in [1.29, 1.82) is 0 Å². The number of aryl methyl sites for hydroxylation is 1. The zero-order valence-corrected chi connectivity index (χ0v) is 25.7. The maximum atomic E-state index is 14.1. The first-order chi connectivity index (χ1) is 18.6. The number of carbonyl (C=O) groups is 3. The minimum absolute atomic E-state index is 0.0931. The summed E-state index contributed by atoms with van der Waals surface area (Å²) in [5, 5.41) is 5.95. The number of ether oxygens (including phenoxy) is 1. The summed E-state index contributed by atoms with van der Waals surface area (Å²) < 4.78 is 5.41. The summed E-state index contributed by atoms with van der Waals surface area (Å²) in [4.78, 5) is 42.2. The highest BCUT2D eigenvalue weighted by Crippen LogP contribution is 2.26. The van der Waals surface area contributed by atoms with E-state index in [9.17, 15) is 14.4 Å². The molecule has 0 saturated heterocycles. The molecular formula is C31H51N3O4S. The molecule has 0 spiro atoms. The highest BCUT2D eigenvalue weighted by molar-refractivity contribution is 7.80. The summed E-state index contributed by atoms with van der Waals surface area (Å²) in [7, 11) is 0. The van der Waals surface area contributed by atoms with Gasteiger partial charge in [-0.2, -0.15) is 12.6 Å². The average molecular weight is 562 g/mol. The van der Waals surface area contributed by atoms with Crippen molar-refractivity contribution in [3.63, 3.8) is 0 Å². The monoisotopic (exact) mass is 561 g/mol. The Morgan fingerprint density at radius 2 is 1.72 bits per heavy atom. The molecule has 0 heterocycles. The molecule has 8 heteroatoms. The van der Waals surface area contributed by atoms with Crippen LogP contribution in [0.1, 0.15) is 115 Å². The van der Waals surface area contributed by atoms with Gasteiger partial charge in [-0.1, -0.05) is 88.1 Å². The largest absolute Gasteiger partial charge is 0.444 e. The Hall–Kier alpha value is -2.22. The van der Waals surface area contributed by atoms with E-state index >= 15 is 0 Å². The van der Waals surface area contributed by atoms with E-state index in [1.165, 1.54) is 19.3 Å². The summed E-state index contributed by atoms with van der Waals surface area (Å²) in [6, 6.07) is 6.20. The first-order valence-corrected chi connectivity index (χ1v) is 15.5. The molecule has 0 radical (unpaired) electrons. The second-order valence-corrected chi connectivity index (χ2v) is 12.2. The van der Waals surface area contributed by atoms with Gasteiger partial charge >= 0.3 is 6.09 Å². The normalized spacial score (nSPS) is 15.7. The summed E-state index contributed by atoms with van der Waals surface area (Å²) >= 11 is 4.40. The van der Waals surface area contributed by atoms with E-state index in [0.717, 1.165) is 62.5 Å². The smallest absolute Gasteiger partial charge is 0.408 e. The molecule has 220 valence electrons. The Morgan fingerprint density at radius 3 is 2.33 bits per heavy atom. The molecule has 1 aliphatic carbocycles. The van der Waals surface area contributed by atoms with Gasteiger partial charge in [0, 0.05) is 18.3 Å². The fourth-order valence-electron chi connectivity index (χ4n) is 5.10. The lowest BCUT2D eigenvalue weighted by molar-refractivity contribution is -0.142. The zero-order chi connectivity index (χ0) is 28.8. The molecule has 1 aliphatic rings. The fraction of sp³-hybridized carbons (Fsp3) is 0.710. The van der Waals surface area contributed by atoms with Gasteiger partial charge in [0.1, 0.15) is 17.7 Å². The van der Waals surface area contributed by atoms with Crippen LogP contribution in [-0.4, -0.2) is 52.8 Å². The van der Waals surface area contributed by atoms with Crippen LogP contribution < -0.4 is 10.6 Å². The minimum Gasteiger partial charge on any atom is -0.444 e. The number of hydrogen-bond acceptors (Lipinski definition) is 5. The highest BCUT2D eigenvalue weighted by atomic mass is 32.1. The van der Waals surface area contributed by atoms with Gasteiger partial charge in [0.15, 0.2) is 0 Å². The van der Waals surface area contributed by atoms with Gasteiger partial charge in [-0.15, -0.1) is 0 Å². The van der Waals surface area contributed by atoms with Crippen LogP contribution in [0.2, 0.25) is 0 Å². The van der Waals surface area contributed by atoms with Gasteiger partial charge in [0.2, 0.25) is 11.8 Å². The number of alkyl carbamates (subject to hydrolysis) is 1. The van der Waals surface area contributed by atoms with E-state index < -0.39 is 23.8 Å². The van der Waals surface area contributed by atoms with Gasteiger partial charge in [0.05, 0.1) is 0 Å². The maximum absolute atomic E-state index is 14.1. The first kappa shape index (κ1) is 33.0. The quantitative estimate of drug-likeness (QED) is 0.179. The van der Waals surface area contributed by atoms with Crippen LogP contribution in [-0.2, 0) is 14.3 Å². The molecule has 7 nitrogen and oxygen atoms in total. The van der Waals surface area contributed by atoms with Crippen molar-refractivity contribution in [3.8, 4) is 0 Å². The molecule has 1 saturated carbocycles. The second kappa shape index (κ2) is 16.8. The van der Waals surface area contributed by atoms with Crippen molar-refractivity contribution >= 4 is 30.5 Å². The van der Waals surface area contributed by atoms with Gasteiger partial charge in [-0.25, -0.2) is 4.79 Å². The second-order valence-electron chi connectivity index (χ2n) is 11.8. The number of rotatable bonds is 14. The molecule has 1 aromatic rings. The number of thiol groups is 1. The van der Waals surface area contributed by atoms with E-state index in [-0.39, 0.29) is 23.6 Å². The molecular weight excluding hydrogens is 510 g/mol. The number of carbonyl (C=O) groups excluding carboxylic acids is 3. The molecule has 2 unspecified atom stereocenters. The Balaban J connectivity index is 2.36. The van der Waals surface area contributed by atoms with Gasteiger partial charge in [-0.3, -0.25) is 9.59 Å². The van der Waals surface area contributed by atoms with Crippen molar-refractivity contribution in [2.24, 2.45) is 0 Å². The molecule has 2 atom stereocenters. The van der Waals surface area contributed by atoms with E-state index in [1.54, 1.807) is 25.7 Å². The molecule has 2 N–H and O–H groups in total. The van der Waals surface area contributed by atoms with Gasteiger partial charge in [0.25, 0.3) is 0 Å². The third-order valence-electron chi connectivity index (χ3n) is 7.08. The van der Waals surface area contributed by atoms with Crippen LogP contribution in [0, 0.1) is 6.92 Å². The lowest BCUT2D eigenvalue weighted by atomic mass is 9.94. The number of hydrogen-bond donors (Lipinski definition) is 3. The van der Waals surface area contributed by atoms with E-state index in [0.29, 0.717) is 6.54 Å². The Morgan fingerprint density at radius 1 is 1.05 bits per heavy atom. The minimum atomic E-state index is -0.918. The number of nitrogens with one attached hydrogen (secondary N) is 2. The standard InChI is InChI=1S/C31H51N3O4S/c1-6-7-8-9-10-14-20-34(29(36)26(22-39)33-30(37)38-31(3,4)5)27(24-17-15-16-23(2)21-24)28(35)32-25-18-12-11-13-19-25/h15-17,21,25-27,39H,6-14,18-20,22H2,1-5H3,(H,32,35)(H,33,37). The molecule has 1 aromatic carbocycles. The van der Waals surface area contributed by atoms with Crippen LogP contribution in [0.5, 0.6) is 0 Å².